The Bertz CT molecular complexity index is 1120. The number of hydrogen-bond donors (Lipinski definition) is 2. The SMILES string of the molecule is Cc1nn(C)c(C)c1CCN=C(NC(=O)c1cccc(Cl)c1)Nc1ccc(C(C)C)cc1. The van der Waals surface area contributed by atoms with Crippen molar-refractivity contribution in [2.45, 2.75) is 40.0 Å². The molecule has 32 heavy (non-hydrogen) atoms. The monoisotopic (exact) mass is 451 g/mol. The molecule has 2 aromatic carbocycles. The Kier molecular flexibility index (Phi) is 7.70. The number of aliphatic imine (C=N–C) groups is 1. The van der Waals surface area contributed by atoms with Crippen molar-refractivity contribution in [1.82, 2.24) is 15.1 Å². The van der Waals surface area contributed by atoms with Gasteiger partial charge >= 0.3 is 0 Å². The van der Waals surface area contributed by atoms with Gasteiger partial charge in [-0.05, 0) is 67.6 Å². The van der Waals surface area contributed by atoms with Crippen LogP contribution in [0.25, 0.3) is 0 Å². The molecule has 0 atom stereocenters. The lowest BCUT2D eigenvalue weighted by molar-refractivity contribution is 0.0977. The fourth-order valence-corrected chi connectivity index (χ4v) is 3.66. The zero-order chi connectivity index (χ0) is 23.3. The lowest BCUT2D eigenvalue weighted by atomic mass is 10.0. The van der Waals surface area contributed by atoms with Gasteiger partial charge in [-0.15, -0.1) is 0 Å². The number of hydrogen-bond acceptors (Lipinski definition) is 3. The van der Waals surface area contributed by atoms with E-state index in [2.05, 4.69) is 53.6 Å². The van der Waals surface area contributed by atoms with Crippen molar-refractivity contribution in [2.24, 2.45) is 12.0 Å². The Hall–Kier alpha value is -3.12. The average Bonchev–Trinajstić information content (AvgIpc) is 3.00. The molecule has 0 saturated carbocycles. The fourth-order valence-electron chi connectivity index (χ4n) is 3.47. The van der Waals surface area contributed by atoms with Crippen molar-refractivity contribution in [2.75, 3.05) is 11.9 Å². The molecule has 0 unspecified atom stereocenters. The maximum absolute atomic E-state index is 12.8. The van der Waals surface area contributed by atoms with E-state index in [1.807, 2.05) is 30.8 Å². The molecule has 1 amide bonds. The first kappa shape index (κ1) is 23.5. The van der Waals surface area contributed by atoms with Crippen LogP contribution in [-0.2, 0) is 13.5 Å². The first-order valence-electron chi connectivity index (χ1n) is 10.7. The third kappa shape index (κ3) is 5.98. The van der Waals surface area contributed by atoms with Gasteiger partial charge in [0.25, 0.3) is 5.91 Å². The second-order valence-electron chi connectivity index (χ2n) is 8.12. The number of nitrogens with zero attached hydrogens (tertiary/aromatic N) is 3. The third-order valence-corrected chi connectivity index (χ3v) is 5.68. The fraction of sp³-hybridized carbons (Fsp3) is 0.320. The van der Waals surface area contributed by atoms with E-state index < -0.39 is 0 Å². The molecule has 6 nitrogen and oxygen atoms in total. The summed E-state index contributed by atoms with van der Waals surface area (Å²) in [4.78, 5) is 17.4. The smallest absolute Gasteiger partial charge is 0.258 e. The Labute approximate surface area is 194 Å². The van der Waals surface area contributed by atoms with Crippen LogP contribution in [0, 0.1) is 13.8 Å². The molecule has 0 aliphatic carbocycles. The number of aromatic nitrogens is 2. The first-order chi connectivity index (χ1) is 15.2. The van der Waals surface area contributed by atoms with Gasteiger partial charge in [0.2, 0.25) is 5.96 Å². The molecule has 7 heteroatoms. The summed E-state index contributed by atoms with van der Waals surface area (Å²) in [6, 6.07) is 15.0. The van der Waals surface area contributed by atoms with Crippen molar-refractivity contribution in [1.29, 1.82) is 0 Å². The Morgan fingerprint density at radius 1 is 1.16 bits per heavy atom. The summed E-state index contributed by atoms with van der Waals surface area (Å²) in [7, 11) is 1.94. The Morgan fingerprint density at radius 3 is 2.47 bits per heavy atom. The van der Waals surface area contributed by atoms with Crippen LogP contribution < -0.4 is 10.6 Å². The van der Waals surface area contributed by atoms with Crippen LogP contribution in [0.5, 0.6) is 0 Å². The number of nitrogens with one attached hydrogen (secondary N) is 2. The number of aryl methyl sites for hydroxylation is 2. The van der Waals surface area contributed by atoms with Crippen LogP contribution in [-0.4, -0.2) is 28.2 Å². The minimum absolute atomic E-state index is 0.272. The highest BCUT2D eigenvalue weighted by Crippen LogP contribution is 2.17. The number of carbonyl (C=O) groups is 1. The minimum Gasteiger partial charge on any atom is -0.326 e. The summed E-state index contributed by atoms with van der Waals surface area (Å²) < 4.78 is 1.88. The van der Waals surface area contributed by atoms with E-state index in [0.29, 0.717) is 29.0 Å². The highest BCUT2D eigenvalue weighted by Gasteiger charge is 2.12. The van der Waals surface area contributed by atoms with Gasteiger partial charge in [0, 0.05) is 35.6 Å². The topological polar surface area (TPSA) is 71.3 Å². The van der Waals surface area contributed by atoms with Crippen LogP contribution in [0.2, 0.25) is 5.02 Å². The maximum Gasteiger partial charge on any atom is 0.258 e. The van der Waals surface area contributed by atoms with Crippen molar-refractivity contribution < 1.29 is 4.79 Å². The van der Waals surface area contributed by atoms with Crippen molar-refractivity contribution in [3.63, 3.8) is 0 Å². The van der Waals surface area contributed by atoms with E-state index in [1.54, 1.807) is 24.3 Å². The molecule has 1 heterocycles. The summed E-state index contributed by atoms with van der Waals surface area (Å²) in [5.74, 6) is 0.573. The number of benzene rings is 2. The lowest BCUT2D eigenvalue weighted by Gasteiger charge is -2.13. The van der Waals surface area contributed by atoms with E-state index in [-0.39, 0.29) is 5.91 Å². The van der Waals surface area contributed by atoms with Crippen LogP contribution in [0.1, 0.15) is 52.6 Å². The Balaban J connectivity index is 1.79. The van der Waals surface area contributed by atoms with Gasteiger partial charge in [0.05, 0.1) is 5.69 Å². The molecule has 0 saturated heterocycles. The van der Waals surface area contributed by atoms with Crippen molar-refractivity contribution >= 4 is 29.2 Å². The quantitative estimate of drug-likeness (QED) is 0.397. The molecule has 0 fully saturated rings. The number of halogens is 1. The predicted octanol–water partition coefficient (Wildman–Crippen LogP) is 5.25. The van der Waals surface area contributed by atoms with Gasteiger partial charge < -0.3 is 5.32 Å². The zero-order valence-corrected chi connectivity index (χ0v) is 20.0. The number of amides is 1. The molecule has 1 aromatic heterocycles. The van der Waals surface area contributed by atoms with E-state index in [4.69, 9.17) is 11.6 Å². The second-order valence-corrected chi connectivity index (χ2v) is 8.56. The summed E-state index contributed by atoms with van der Waals surface area (Å²) in [6.45, 7) is 8.87. The largest absolute Gasteiger partial charge is 0.326 e. The summed E-state index contributed by atoms with van der Waals surface area (Å²) in [6.07, 6.45) is 0.732. The first-order valence-corrected chi connectivity index (χ1v) is 11.1. The molecular weight excluding hydrogens is 422 g/mol. The van der Waals surface area contributed by atoms with Crippen molar-refractivity contribution in [3.05, 3.63) is 81.6 Å². The van der Waals surface area contributed by atoms with E-state index >= 15 is 0 Å². The molecule has 0 aliphatic heterocycles. The van der Waals surface area contributed by atoms with Crippen LogP contribution >= 0.6 is 11.6 Å². The lowest BCUT2D eigenvalue weighted by Crippen LogP contribution is -2.36. The molecule has 3 aromatic rings. The van der Waals surface area contributed by atoms with Gasteiger partial charge in [-0.25, -0.2) is 0 Å². The molecule has 0 bridgehead atoms. The summed E-state index contributed by atoms with van der Waals surface area (Å²) in [5, 5.41) is 11.1. The maximum atomic E-state index is 12.8. The molecule has 0 aliphatic rings. The number of guanidine groups is 1. The molecule has 2 N–H and O–H groups in total. The second kappa shape index (κ2) is 10.5. The minimum atomic E-state index is -0.272. The van der Waals surface area contributed by atoms with Crippen molar-refractivity contribution in [3.8, 4) is 0 Å². The summed E-state index contributed by atoms with van der Waals surface area (Å²) >= 11 is 6.04. The highest BCUT2D eigenvalue weighted by molar-refractivity contribution is 6.31. The predicted molar refractivity (Wildman–Crippen MR) is 132 cm³/mol. The third-order valence-electron chi connectivity index (χ3n) is 5.45. The van der Waals surface area contributed by atoms with Crippen LogP contribution in [0.3, 0.4) is 0 Å². The zero-order valence-electron chi connectivity index (χ0n) is 19.2. The molecular formula is C25H30ClN5O. The van der Waals surface area contributed by atoms with Gasteiger partial charge in [-0.2, -0.15) is 5.10 Å². The summed E-state index contributed by atoms with van der Waals surface area (Å²) in [5.41, 5.74) is 5.88. The van der Waals surface area contributed by atoms with Crippen LogP contribution in [0.4, 0.5) is 5.69 Å². The van der Waals surface area contributed by atoms with Gasteiger partial charge in [-0.1, -0.05) is 43.6 Å². The molecule has 0 spiro atoms. The molecule has 0 radical (unpaired) electrons. The number of carbonyl (C=O) groups excluding carboxylic acids is 1. The highest BCUT2D eigenvalue weighted by atomic mass is 35.5. The van der Waals surface area contributed by atoms with Gasteiger partial charge in [-0.3, -0.25) is 19.8 Å². The van der Waals surface area contributed by atoms with Gasteiger partial charge in [0.15, 0.2) is 0 Å². The number of rotatable bonds is 6. The van der Waals surface area contributed by atoms with Gasteiger partial charge in [0.1, 0.15) is 0 Å². The molecule has 168 valence electrons. The normalized spacial score (nSPS) is 11.7. The Morgan fingerprint density at radius 2 is 1.88 bits per heavy atom. The van der Waals surface area contributed by atoms with E-state index in [0.717, 1.165) is 23.5 Å². The van der Waals surface area contributed by atoms with Crippen LogP contribution in [0.15, 0.2) is 53.5 Å². The number of anilines is 1. The van der Waals surface area contributed by atoms with E-state index in [1.165, 1.54) is 11.1 Å². The molecule has 3 rings (SSSR count). The average molecular weight is 452 g/mol. The standard InChI is InChI=1S/C25H30ClN5O/c1-16(2)19-9-11-22(12-10-19)28-25(29-24(32)20-7-6-8-21(26)15-20)27-14-13-23-17(3)30-31(5)18(23)4/h6-12,15-16H,13-14H2,1-5H3,(H2,27,28,29,32). The van der Waals surface area contributed by atoms with E-state index in [9.17, 15) is 4.79 Å².